The molecule has 1 unspecified atom stereocenters. The zero-order valence-corrected chi connectivity index (χ0v) is 10.3. The van der Waals surface area contributed by atoms with E-state index in [1.165, 1.54) is 0 Å². The molecule has 0 saturated carbocycles. The van der Waals surface area contributed by atoms with Crippen LogP contribution in [-0.4, -0.2) is 59.0 Å². The van der Waals surface area contributed by atoms with Gasteiger partial charge in [0.05, 0.1) is 5.92 Å². The van der Waals surface area contributed by atoms with Crippen LogP contribution in [0.25, 0.3) is 0 Å². The lowest BCUT2D eigenvalue weighted by molar-refractivity contribution is -0.141. The summed E-state index contributed by atoms with van der Waals surface area (Å²) in [7, 11) is 0. The fraction of sp³-hybridized carbons (Fsp3) is 0.833. The van der Waals surface area contributed by atoms with Gasteiger partial charge in [-0.2, -0.15) is 0 Å². The Hall–Kier alpha value is -1.10. The van der Waals surface area contributed by atoms with E-state index < -0.39 is 11.9 Å². The van der Waals surface area contributed by atoms with Crippen LogP contribution in [0.5, 0.6) is 0 Å². The standard InChI is InChI=1S/C12H20N2O3/c1-2-13-5-3-10(4-6-13)14-8-9(12(16)17)7-11(14)15/h9-10H,2-8H2,1H3,(H,16,17). The highest BCUT2D eigenvalue weighted by Gasteiger charge is 2.38. The normalized spacial score (nSPS) is 27.7. The maximum atomic E-state index is 11.8. The van der Waals surface area contributed by atoms with E-state index in [4.69, 9.17) is 5.11 Å². The number of piperidine rings is 1. The number of carbonyl (C=O) groups excluding carboxylic acids is 1. The van der Waals surface area contributed by atoms with Crippen molar-refractivity contribution in [2.45, 2.75) is 32.2 Å². The molecule has 0 bridgehead atoms. The second-order valence-electron chi connectivity index (χ2n) is 4.95. The van der Waals surface area contributed by atoms with Crippen LogP contribution in [-0.2, 0) is 9.59 Å². The lowest BCUT2D eigenvalue weighted by Crippen LogP contribution is -2.45. The first-order chi connectivity index (χ1) is 8.11. The largest absolute Gasteiger partial charge is 0.481 e. The van der Waals surface area contributed by atoms with Gasteiger partial charge in [-0.15, -0.1) is 0 Å². The SMILES string of the molecule is CCN1CCC(N2CC(C(=O)O)CC2=O)CC1. The predicted molar refractivity (Wildman–Crippen MR) is 62.6 cm³/mol. The van der Waals surface area contributed by atoms with Crippen molar-refractivity contribution in [3.8, 4) is 0 Å². The highest BCUT2D eigenvalue weighted by molar-refractivity contribution is 5.86. The first kappa shape index (κ1) is 12.4. The van der Waals surface area contributed by atoms with Crippen molar-refractivity contribution in [2.24, 2.45) is 5.92 Å². The fourth-order valence-electron chi connectivity index (χ4n) is 2.80. The number of carboxylic acids is 1. The number of nitrogens with zero attached hydrogens (tertiary/aromatic N) is 2. The van der Waals surface area contributed by atoms with Gasteiger partial charge < -0.3 is 14.9 Å². The molecule has 0 spiro atoms. The van der Waals surface area contributed by atoms with Crippen LogP contribution in [0.4, 0.5) is 0 Å². The molecular formula is C12H20N2O3. The Balaban J connectivity index is 1.91. The minimum absolute atomic E-state index is 0.0207. The Morgan fingerprint density at radius 3 is 2.53 bits per heavy atom. The molecular weight excluding hydrogens is 220 g/mol. The highest BCUT2D eigenvalue weighted by atomic mass is 16.4. The number of hydrogen-bond donors (Lipinski definition) is 1. The van der Waals surface area contributed by atoms with E-state index in [-0.39, 0.29) is 18.4 Å². The summed E-state index contributed by atoms with van der Waals surface area (Å²) in [6.07, 6.45) is 2.14. The Kier molecular flexibility index (Phi) is 3.66. The van der Waals surface area contributed by atoms with Gasteiger partial charge in [-0.25, -0.2) is 0 Å². The van der Waals surface area contributed by atoms with E-state index in [9.17, 15) is 9.59 Å². The van der Waals surface area contributed by atoms with E-state index >= 15 is 0 Å². The maximum Gasteiger partial charge on any atom is 0.308 e. The first-order valence-corrected chi connectivity index (χ1v) is 6.36. The number of likely N-dealkylation sites (tertiary alicyclic amines) is 2. The molecule has 96 valence electrons. The molecule has 2 aliphatic rings. The van der Waals surface area contributed by atoms with Crippen molar-refractivity contribution in [1.29, 1.82) is 0 Å². The number of rotatable bonds is 3. The quantitative estimate of drug-likeness (QED) is 0.776. The van der Waals surface area contributed by atoms with Crippen LogP contribution in [0.2, 0.25) is 0 Å². The summed E-state index contributed by atoms with van der Waals surface area (Å²) in [4.78, 5) is 26.8. The minimum Gasteiger partial charge on any atom is -0.481 e. The van der Waals surface area contributed by atoms with E-state index in [1.54, 1.807) is 4.90 Å². The Labute approximate surface area is 101 Å². The Bertz CT molecular complexity index is 311. The third-order valence-corrected chi connectivity index (χ3v) is 3.95. The summed E-state index contributed by atoms with van der Waals surface area (Å²) in [6.45, 7) is 5.64. The van der Waals surface area contributed by atoms with Gasteiger partial charge in [0.15, 0.2) is 0 Å². The van der Waals surface area contributed by atoms with Gasteiger partial charge in [0.2, 0.25) is 5.91 Å². The maximum absolute atomic E-state index is 11.8. The van der Waals surface area contributed by atoms with Gasteiger partial charge in [-0.05, 0) is 19.4 Å². The van der Waals surface area contributed by atoms with Crippen molar-refractivity contribution in [1.82, 2.24) is 9.80 Å². The molecule has 2 heterocycles. The van der Waals surface area contributed by atoms with E-state index in [1.807, 2.05) is 0 Å². The smallest absolute Gasteiger partial charge is 0.308 e. The van der Waals surface area contributed by atoms with Gasteiger partial charge in [0.1, 0.15) is 0 Å². The van der Waals surface area contributed by atoms with Crippen molar-refractivity contribution < 1.29 is 14.7 Å². The average Bonchev–Trinajstić information content (AvgIpc) is 2.72. The van der Waals surface area contributed by atoms with Crippen LogP contribution in [0.1, 0.15) is 26.2 Å². The number of carbonyl (C=O) groups is 2. The molecule has 1 N–H and O–H groups in total. The molecule has 2 rings (SSSR count). The summed E-state index contributed by atoms with van der Waals surface area (Å²) >= 11 is 0. The summed E-state index contributed by atoms with van der Waals surface area (Å²) in [5, 5.41) is 8.94. The van der Waals surface area contributed by atoms with Crippen LogP contribution < -0.4 is 0 Å². The monoisotopic (exact) mass is 240 g/mol. The summed E-state index contributed by atoms with van der Waals surface area (Å²) in [5.41, 5.74) is 0. The van der Waals surface area contributed by atoms with Crippen LogP contribution in [0.3, 0.4) is 0 Å². The fourth-order valence-corrected chi connectivity index (χ4v) is 2.80. The van der Waals surface area contributed by atoms with Gasteiger partial charge in [-0.1, -0.05) is 6.92 Å². The Morgan fingerprint density at radius 2 is 2.06 bits per heavy atom. The molecule has 0 aromatic rings. The zero-order valence-electron chi connectivity index (χ0n) is 10.3. The lowest BCUT2D eigenvalue weighted by atomic mass is 10.0. The molecule has 5 heteroatoms. The zero-order chi connectivity index (χ0) is 12.4. The number of carboxylic acid groups (broad SMARTS) is 1. The Morgan fingerprint density at radius 1 is 1.41 bits per heavy atom. The van der Waals surface area contributed by atoms with Gasteiger partial charge in [-0.3, -0.25) is 9.59 Å². The van der Waals surface area contributed by atoms with E-state index in [0.717, 1.165) is 32.5 Å². The lowest BCUT2D eigenvalue weighted by Gasteiger charge is -2.36. The number of hydrogen-bond acceptors (Lipinski definition) is 3. The number of amides is 1. The molecule has 1 atom stereocenters. The van der Waals surface area contributed by atoms with E-state index in [2.05, 4.69) is 11.8 Å². The summed E-state index contributed by atoms with van der Waals surface area (Å²) < 4.78 is 0. The molecule has 5 nitrogen and oxygen atoms in total. The molecule has 0 aliphatic carbocycles. The molecule has 2 aliphatic heterocycles. The second kappa shape index (κ2) is 5.04. The van der Waals surface area contributed by atoms with Crippen LogP contribution >= 0.6 is 0 Å². The van der Waals surface area contributed by atoms with Gasteiger partial charge in [0, 0.05) is 32.1 Å². The van der Waals surface area contributed by atoms with Crippen molar-refractivity contribution >= 4 is 11.9 Å². The highest BCUT2D eigenvalue weighted by Crippen LogP contribution is 2.25. The molecule has 2 fully saturated rings. The summed E-state index contributed by atoms with van der Waals surface area (Å²) in [5.74, 6) is -1.31. The first-order valence-electron chi connectivity index (χ1n) is 6.36. The second-order valence-corrected chi connectivity index (χ2v) is 4.95. The molecule has 0 aromatic carbocycles. The summed E-state index contributed by atoms with van der Waals surface area (Å²) in [6, 6.07) is 0.259. The van der Waals surface area contributed by atoms with Gasteiger partial charge >= 0.3 is 5.97 Å². The topological polar surface area (TPSA) is 60.9 Å². The number of aliphatic carboxylic acids is 1. The predicted octanol–water partition coefficient (Wildman–Crippen LogP) is 0.404. The molecule has 0 radical (unpaired) electrons. The van der Waals surface area contributed by atoms with Crippen molar-refractivity contribution in [3.63, 3.8) is 0 Å². The molecule has 0 aromatic heterocycles. The third kappa shape index (κ3) is 2.60. The molecule has 2 saturated heterocycles. The van der Waals surface area contributed by atoms with E-state index in [0.29, 0.717) is 6.54 Å². The van der Waals surface area contributed by atoms with Crippen molar-refractivity contribution in [3.05, 3.63) is 0 Å². The van der Waals surface area contributed by atoms with Gasteiger partial charge in [0.25, 0.3) is 0 Å². The average molecular weight is 240 g/mol. The molecule has 1 amide bonds. The van der Waals surface area contributed by atoms with Crippen LogP contribution in [0, 0.1) is 5.92 Å². The minimum atomic E-state index is -0.841. The third-order valence-electron chi connectivity index (χ3n) is 3.95. The van der Waals surface area contributed by atoms with Crippen LogP contribution in [0.15, 0.2) is 0 Å². The molecule has 17 heavy (non-hydrogen) atoms. The van der Waals surface area contributed by atoms with Crippen molar-refractivity contribution in [2.75, 3.05) is 26.2 Å².